The van der Waals surface area contributed by atoms with Crippen molar-refractivity contribution in [1.29, 1.82) is 5.41 Å². The highest BCUT2D eigenvalue weighted by molar-refractivity contribution is 6.39. The summed E-state index contributed by atoms with van der Waals surface area (Å²) in [4.78, 5) is 11.1. The van der Waals surface area contributed by atoms with Crippen molar-refractivity contribution in [2.75, 3.05) is 7.11 Å². The third kappa shape index (κ3) is 1.60. The smallest absolute Gasteiger partial charge is 0.295 e. The fourth-order valence-corrected chi connectivity index (χ4v) is 2.26. The number of nitrogens with one attached hydrogen (secondary N) is 1. The van der Waals surface area contributed by atoms with Crippen LogP contribution in [-0.2, 0) is 4.74 Å². The predicted octanol–water partition coefficient (Wildman–Crippen LogP) is 0.583. The molecule has 0 saturated heterocycles. The summed E-state index contributed by atoms with van der Waals surface area (Å²) in [5.41, 5.74) is -2.63. The minimum atomic E-state index is -1.37. The molecule has 0 spiro atoms. The van der Waals surface area contributed by atoms with Crippen LogP contribution in [0.4, 0.5) is 0 Å². The Morgan fingerprint density at radius 2 is 1.94 bits per heavy atom. The van der Waals surface area contributed by atoms with Gasteiger partial charge in [-0.15, -0.1) is 0 Å². The van der Waals surface area contributed by atoms with Crippen molar-refractivity contribution in [2.24, 2.45) is 0 Å². The van der Waals surface area contributed by atoms with Crippen LogP contribution in [0.5, 0.6) is 0 Å². The second kappa shape index (κ2) is 3.57. The normalized spacial score (nSPS) is 21.6. The van der Waals surface area contributed by atoms with Crippen LogP contribution in [-0.4, -0.2) is 44.7 Å². The minimum Gasteiger partial charge on any atom is -0.622 e. The van der Waals surface area contributed by atoms with E-state index in [1.807, 2.05) is 0 Å². The molecule has 96 valence electrons. The zero-order chi connectivity index (χ0) is 13.6. The van der Waals surface area contributed by atoms with E-state index in [1.165, 1.54) is 34.8 Å². The maximum atomic E-state index is 12.1. The van der Waals surface area contributed by atoms with Gasteiger partial charge in [0.2, 0.25) is 0 Å². The fraction of sp³-hybridized carbons (Fsp3) is 0.778. The molecule has 0 saturated carbocycles. The number of hydrogen-bond donors (Lipinski definition) is 1. The molecule has 0 aromatic rings. The molecular weight excluding hydrogens is 228 g/mol. The summed E-state index contributed by atoms with van der Waals surface area (Å²) < 4.78 is 5.18. The summed E-state index contributed by atoms with van der Waals surface area (Å²) in [5.74, 6) is -0.359. The topological polar surface area (TPSA) is 106 Å². The maximum absolute atomic E-state index is 12.1. The molecule has 8 nitrogen and oxygen atoms in total. The van der Waals surface area contributed by atoms with E-state index >= 15 is 0 Å². The van der Waals surface area contributed by atoms with Crippen LogP contribution < -0.4 is 0 Å². The summed E-state index contributed by atoms with van der Waals surface area (Å²) >= 11 is 0. The first-order chi connectivity index (χ1) is 7.58. The lowest BCUT2D eigenvalue weighted by Crippen LogP contribution is -2.57. The number of ether oxygens (including phenoxy) is 1. The SMILES string of the molecule is COC(=N)C1=[N+]([O-])C(C)(C)N([N+](=O)[O-])C1(C)C. The molecule has 1 aliphatic heterocycles. The summed E-state index contributed by atoms with van der Waals surface area (Å²) in [6, 6.07) is 0. The van der Waals surface area contributed by atoms with Gasteiger partial charge >= 0.3 is 0 Å². The molecule has 0 radical (unpaired) electrons. The van der Waals surface area contributed by atoms with Gasteiger partial charge in [0, 0.05) is 13.8 Å². The number of nitro groups is 1. The van der Waals surface area contributed by atoms with E-state index in [9.17, 15) is 15.3 Å². The molecule has 0 amide bonds. The molecule has 0 bridgehead atoms. The Balaban J connectivity index is 3.44. The fourth-order valence-electron chi connectivity index (χ4n) is 2.26. The first-order valence-electron chi connectivity index (χ1n) is 5.00. The number of hydroxylamine groups is 1. The molecule has 0 fully saturated rings. The van der Waals surface area contributed by atoms with Gasteiger partial charge in [-0.25, -0.2) is 10.1 Å². The number of nitrogens with zero attached hydrogens (tertiary/aromatic N) is 3. The Bertz CT molecular complexity index is 413. The van der Waals surface area contributed by atoms with Crippen molar-refractivity contribution in [3.05, 3.63) is 15.3 Å². The van der Waals surface area contributed by atoms with Crippen molar-refractivity contribution in [1.82, 2.24) is 5.01 Å². The van der Waals surface area contributed by atoms with Crippen molar-refractivity contribution in [3.63, 3.8) is 0 Å². The molecule has 1 rings (SSSR count). The molecule has 17 heavy (non-hydrogen) atoms. The summed E-state index contributed by atoms with van der Waals surface area (Å²) in [6.07, 6.45) is 0. The number of hydrazine groups is 1. The van der Waals surface area contributed by atoms with Gasteiger partial charge in [0.1, 0.15) is 0 Å². The van der Waals surface area contributed by atoms with Gasteiger partial charge in [0.15, 0.2) is 10.6 Å². The lowest BCUT2D eigenvalue weighted by atomic mass is 9.98. The van der Waals surface area contributed by atoms with Crippen molar-refractivity contribution in [2.45, 2.75) is 38.9 Å². The van der Waals surface area contributed by atoms with Crippen LogP contribution in [0, 0.1) is 20.7 Å². The number of hydrogen-bond acceptors (Lipinski definition) is 5. The molecule has 0 unspecified atom stereocenters. The van der Waals surface area contributed by atoms with Crippen LogP contribution in [0.1, 0.15) is 27.7 Å². The Morgan fingerprint density at radius 3 is 2.24 bits per heavy atom. The minimum absolute atomic E-state index is 0.0540. The van der Waals surface area contributed by atoms with Gasteiger partial charge in [-0.2, -0.15) is 4.74 Å². The Kier molecular flexibility index (Phi) is 2.78. The molecular formula is C9H16N4O4. The molecule has 0 aliphatic carbocycles. The van der Waals surface area contributed by atoms with Gasteiger partial charge in [0.25, 0.3) is 17.3 Å². The molecule has 1 heterocycles. The van der Waals surface area contributed by atoms with E-state index in [4.69, 9.17) is 10.1 Å². The lowest BCUT2D eigenvalue weighted by Gasteiger charge is -2.27. The second-order valence-corrected chi connectivity index (χ2v) is 4.78. The van der Waals surface area contributed by atoms with Crippen LogP contribution in [0.2, 0.25) is 0 Å². The van der Waals surface area contributed by atoms with E-state index < -0.39 is 16.2 Å². The first kappa shape index (κ1) is 13.2. The average Bonchev–Trinajstić information content (AvgIpc) is 2.28. The van der Waals surface area contributed by atoms with E-state index in [0.29, 0.717) is 4.74 Å². The molecule has 0 atom stereocenters. The summed E-state index contributed by atoms with van der Waals surface area (Å²) in [7, 11) is 1.25. The van der Waals surface area contributed by atoms with Gasteiger partial charge in [-0.3, -0.25) is 5.41 Å². The summed E-state index contributed by atoms with van der Waals surface area (Å²) in [6.45, 7) is 5.89. The Morgan fingerprint density at radius 1 is 1.47 bits per heavy atom. The van der Waals surface area contributed by atoms with Gasteiger partial charge in [-0.05, 0) is 18.9 Å². The van der Waals surface area contributed by atoms with E-state index in [2.05, 4.69) is 0 Å². The third-order valence-electron chi connectivity index (χ3n) is 2.91. The molecule has 0 aromatic heterocycles. The molecule has 8 heteroatoms. The quantitative estimate of drug-likeness (QED) is 0.191. The van der Waals surface area contributed by atoms with Crippen molar-refractivity contribution >= 4 is 11.6 Å². The molecule has 1 aliphatic rings. The van der Waals surface area contributed by atoms with Gasteiger partial charge in [-0.1, -0.05) is 0 Å². The van der Waals surface area contributed by atoms with Crippen LogP contribution in [0.3, 0.4) is 0 Å². The predicted molar refractivity (Wildman–Crippen MR) is 60.4 cm³/mol. The monoisotopic (exact) mass is 244 g/mol. The Labute approximate surface area is 98.7 Å². The number of methoxy groups -OCH3 is 1. The number of rotatable bonds is 2. The van der Waals surface area contributed by atoms with E-state index in [0.717, 1.165) is 5.01 Å². The standard InChI is InChI=1S/C9H16N4O4/c1-8(2)6(7(10)17-5)11(14)9(3,4)12(8)13(15)16/h10H,1-5H3. The first-order valence-corrected chi connectivity index (χ1v) is 5.00. The maximum Gasteiger partial charge on any atom is 0.295 e. The lowest BCUT2D eigenvalue weighted by molar-refractivity contribution is -0.742. The van der Waals surface area contributed by atoms with E-state index in [-0.39, 0.29) is 11.6 Å². The molecule has 1 N–H and O–H groups in total. The average molecular weight is 244 g/mol. The highest BCUT2D eigenvalue weighted by Gasteiger charge is 2.65. The van der Waals surface area contributed by atoms with Gasteiger partial charge in [0.05, 0.1) is 7.11 Å². The van der Waals surface area contributed by atoms with Gasteiger partial charge < -0.3 is 9.94 Å². The highest BCUT2D eigenvalue weighted by atomic mass is 16.7. The second-order valence-electron chi connectivity index (χ2n) is 4.78. The van der Waals surface area contributed by atoms with Crippen LogP contribution in [0.25, 0.3) is 0 Å². The van der Waals surface area contributed by atoms with Crippen LogP contribution in [0.15, 0.2) is 0 Å². The molecule has 0 aromatic carbocycles. The zero-order valence-electron chi connectivity index (χ0n) is 10.5. The van der Waals surface area contributed by atoms with E-state index in [1.54, 1.807) is 0 Å². The Hall–Kier alpha value is -1.86. The van der Waals surface area contributed by atoms with Crippen molar-refractivity contribution in [3.8, 4) is 0 Å². The largest absolute Gasteiger partial charge is 0.622 e. The van der Waals surface area contributed by atoms with Crippen LogP contribution >= 0.6 is 0 Å². The third-order valence-corrected chi connectivity index (χ3v) is 2.91. The highest BCUT2D eigenvalue weighted by Crippen LogP contribution is 2.34. The summed E-state index contributed by atoms with van der Waals surface area (Å²) in [5, 5.41) is 30.9. The van der Waals surface area contributed by atoms with Crippen molar-refractivity contribution < 1.29 is 14.5 Å². The zero-order valence-corrected chi connectivity index (χ0v) is 10.5.